The highest BCUT2D eigenvalue weighted by atomic mass is 79.9. The number of nitrogens with one attached hydrogen (secondary N) is 2. The van der Waals surface area contributed by atoms with Crippen LogP contribution in [-0.2, 0) is 11.3 Å². The van der Waals surface area contributed by atoms with Crippen LogP contribution in [-0.4, -0.2) is 25.6 Å². The Balaban J connectivity index is 2.63. The lowest BCUT2D eigenvalue weighted by atomic mass is 10.2. The van der Waals surface area contributed by atoms with E-state index in [4.69, 9.17) is 10.00 Å². The number of nitrogens with zero attached hydrogens (tertiary/aromatic N) is 1. The van der Waals surface area contributed by atoms with Crippen LogP contribution in [0.5, 0.6) is 5.75 Å². The van der Waals surface area contributed by atoms with E-state index in [1.54, 1.807) is 0 Å². The molecule has 0 radical (unpaired) electrons. The summed E-state index contributed by atoms with van der Waals surface area (Å²) in [5.74, 6) is 0.241. The smallest absolute Gasteiger partial charge is 0.258 e. The predicted molar refractivity (Wildman–Crippen MR) is 88.0 cm³/mol. The van der Waals surface area contributed by atoms with Gasteiger partial charge in [-0.2, -0.15) is 5.26 Å². The first kappa shape index (κ1) is 18.0. The molecule has 0 aliphatic heterocycles. The number of rotatable bonds is 8. The molecular formula is C14H17Br2N3O2. The molecule has 21 heavy (non-hydrogen) atoms. The van der Waals surface area contributed by atoms with Crippen molar-refractivity contribution in [1.29, 1.82) is 5.26 Å². The molecule has 0 saturated carbocycles. The van der Waals surface area contributed by atoms with Gasteiger partial charge in [-0.05, 0) is 62.5 Å². The first-order chi connectivity index (χ1) is 10.1. The van der Waals surface area contributed by atoms with Gasteiger partial charge < -0.3 is 15.4 Å². The van der Waals surface area contributed by atoms with Crippen LogP contribution in [0.3, 0.4) is 0 Å². The van der Waals surface area contributed by atoms with E-state index >= 15 is 0 Å². The number of hydrogen-bond donors (Lipinski definition) is 2. The maximum Gasteiger partial charge on any atom is 0.258 e. The Morgan fingerprint density at radius 3 is 2.62 bits per heavy atom. The quantitative estimate of drug-likeness (QED) is 0.502. The lowest BCUT2D eigenvalue weighted by Crippen LogP contribution is -2.29. The molecule has 0 heterocycles. The Hall–Kier alpha value is -1.10. The van der Waals surface area contributed by atoms with Crippen molar-refractivity contribution in [1.82, 2.24) is 10.6 Å². The van der Waals surface area contributed by atoms with Gasteiger partial charge in [0.25, 0.3) is 5.91 Å². The lowest BCUT2D eigenvalue weighted by Gasteiger charge is -2.12. The molecular weight excluding hydrogens is 402 g/mol. The van der Waals surface area contributed by atoms with Crippen molar-refractivity contribution < 1.29 is 9.53 Å². The molecule has 0 bridgehead atoms. The molecule has 0 aromatic heterocycles. The number of halogens is 2. The van der Waals surface area contributed by atoms with Gasteiger partial charge in [-0.1, -0.05) is 6.92 Å². The second-order valence-electron chi connectivity index (χ2n) is 4.29. The second kappa shape index (κ2) is 9.77. The number of hydrogen-bond acceptors (Lipinski definition) is 4. The number of benzene rings is 1. The highest BCUT2D eigenvalue weighted by Crippen LogP contribution is 2.34. The summed E-state index contributed by atoms with van der Waals surface area (Å²) in [5.41, 5.74) is 1.11. The summed E-state index contributed by atoms with van der Waals surface area (Å²) in [6.07, 6.45) is 1.08. The van der Waals surface area contributed by atoms with Crippen molar-refractivity contribution in [3.05, 3.63) is 26.6 Å². The first-order valence-electron chi connectivity index (χ1n) is 6.53. The minimum absolute atomic E-state index is 0.0213. The summed E-state index contributed by atoms with van der Waals surface area (Å²) in [6.45, 7) is 3.70. The summed E-state index contributed by atoms with van der Waals surface area (Å²) >= 11 is 6.89. The molecule has 0 atom stereocenters. The van der Waals surface area contributed by atoms with Crippen LogP contribution in [0.1, 0.15) is 18.9 Å². The minimum atomic E-state index is -0.330. The van der Waals surface area contributed by atoms with Crippen molar-refractivity contribution in [3.8, 4) is 11.8 Å². The van der Waals surface area contributed by atoms with Gasteiger partial charge in [-0.3, -0.25) is 4.79 Å². The average Bonchev–Trinajstić information content (AvgIpc) is 2.44. The minimum Gasteiger partial charge on any atom is -0.481 e. The number of nitriles is 1. The molecule has 1 rings (SSSR count). The summed E-state index contributed by atoms with van der Waals surface area (Å²) in [7, 11) is 0. The van der Waals surface area contributed by atoms with Crippen LogP contribution >= 0.6 is 31.9 Å². The van der Waals surface area contributed by atoms with Gasteiger partial charge >= 0.3 is 0 Å². The number of carbonyl (C=O) groups is 1. The zero-order chi connectivity index (χ0) is 15.7. The number of carbonyl (C=O) groups excluding carboxylic acids is 1. The van der Waals surface area contributed by atoms with Gasteiger partial charge in [0.1, 0.15) is 12.3 Å². The van der Waals surface area contributed by atoms with Crippen molar-refractivity contribution in [2.24, 2.45) is 0 Å². The normalized spacial score (nSPS) is 10.0. The molecule has 0 unspecified atom stereocenters. The third kappa shape index (κ3) is 6.46. The topological polar surface area (TPSA) is 74.2 Å². The van der Waals surface area contributed by atoms with Crippen molar-refractivity contribution in [2.45, 2.75) is 19.9 Å². The fourth-order valence-electron chi connectivity index (χ4n) is 1.59. The van der Waals surface area contributed by atoms with E-state index in [1.165, 1.54) is 0 Å². The van der Waals surface area contributed by atoms with E-state index in [-0.39, 0.29) is 19.1 Å². The van der Waals surface area contributed by atoms with Crippen molar-refractivity contribution in [3.63, 3.8) is 0 Å². The molecule has 0 spiro atoms. The fraction of sp³-hybridized carbons (Fsp3) is 0.429. The van der Waals surface area contributed by atoms with E-state index < -0.39 is 0 Å². The SMILES string of the molecule is CCCNCc1cc(Br)c(OCC(=O)NCC#N)c(Br)c1. The van der Waals surface area contributed by atoms with Crippen LogP contribution in [0, 0.1) is 11.3 Å². The van der Waals surface area contributed by atoms with Crippen LogP contribution in [0.4, 0.5) is 0 Å². The van der Waals surface area contributed by atoms with Gasteiger partial charge in [-0.25, -0.2) is 0 Å². The molecule has 2 N–H and O–H groups in total. The highest BCUT2D eigenvalue weighted by Gasteiger charge is 2.11. The van der Waals surface area contributed by atoms with Crippen LogP contribution in [0.2, 0.25) is 0 Å². The van der Waals surface area contributed by atoms with E-state index in [0.717, 1.165) is 34.0 Å². The molecule has 0 aliphatic carbocycles. The molecule has 5 nitrogen and oxygen atoms in total. The van der Waals surface area contributed by atoms with E-state index in [0.29, 0.717) is 5.75 Å². The molecule has 7 heteroatoms. The fourth-order valence-corrected chi connectivity index (χ4v) is 3.10. The molecule has 1 aromatic rings. The average molecular weight is 419 g/mol. The maximum atomic E-state index is 11.4. The predicted octanol–water partition coefficient (Wildman–Crippen LogP) is 2.73. The molecule has 0 aliphatic rings. The largest absolute Gasteiger partial charge is 0.481 e. The van der Waals surface area contributed by atoms with Gasteiger partial charge in [0, 0.05) is 6.54 Å². The van der Waals surface area contributed by atoms with E-state index in [1.807, 2.05) is 18.2 Å². The zero-order valence-corrected chi connectivity index (χ0v) is 14.9. The Morgan fingerprint density at radius 1 is 1.38 bits per heavy atom. The van der Waals surface area contributed by atoms with Crippen LogP contribution in [0.25, 0.3) is 0 Å². The molecule has 0 fully saturated rings. The summed E-state index contributed by atoms with van der Waals surface area (Å²) < 4.78 is 7.02. The Morgan fingerprint density at radius 2 is 2.05 bits per heavy atom. The van der Waals surface area contributed by atoms with Gasteiger partial charge in [0.05, 0.1) is 15.0 Å². The Kier molecular flexibility index (Phi) is 8.35. The third-order valence-corrected chi connectivity index (χ3v) is 3.70. The summed E-state index contributed by atoms with van der Waals surface area (Å²) in [4.78, 5) is 11.4. The Labute approximate surface area is 141 Å². The van der Waals surface area contributed by atoms with Crippen LogP contribution < -0.4 is 15.4 Å². The molecule has 1 amide bonds. The first-order valence-corrected chi connectivity index (χ1v) is 8.12. The summed E-state index contributed by atoms with van der Waals surface area (Å²) in [5, 5.41) is 14.1. The number of amides is 1. The third-order valence-electron chi connectivity index (χ3n) is 2.53. The van der Waals surface area contributed by atoms with E-state index in [9.17, 15) is 4.79 Å². The summed E-state index contributed by atoms with van der Waals surface area (Å²) in [6, 6.07) is 5.75. The monoisotopic (exact) mass is 417 g/mol. The van der Waals surface area contributed by atoms with Gasteiger partial charge in [0.15, 0.2) is 6.61 Å². The molecule has 114 valence electrons. The van der Waals surface area contributed by atoms with Crippen LogP contribution in [0.15, 0.2) is 21.1 Å². The second-order valence-corrected chi connectivity index (χ2v) is 6.00. The lowest BCUT2D eigenvalue weighted by molar-refractivity contribution is -0.122. The van der Waals surface area contributed by atoms with E-state index in [2.05, 4.69) is 49.4 Å². The van der Waals surface area contributed by atoms with Gasteiger partial charge in [0.2, 0.25) is 0 Å². The standard InChI is InChI=1S/C14H17Br2N3O2/c1-2-4-18-8-10-6-11(15)14(12(16)7-10)21-9-13(20)19-5-3-17/h6-7,18H,2,4-5,8-9H2,1H3,(H,19,20). The van der Waals surface area contributed by atoms with Crippen molar-refractivity contribution >= 4 is 37.8 Å². The maximum absolute atomic E-state index is 11.4. The molecule has 1 aromatic carbocycles. The van der Waals surface area contributed by atoms with Gasteiger partial charge in [-0.15, -0.1) is 0 Å². The highest BCUT2D eigenvalue weighted by molar-refractivity contribution is 9.11. The zero-order valence-electron chi connectivity index (χ0n) is 11.7. The Bertz CT molecular complexity index is 506. The molecule has 0 saturated heterocycles. The van der Waals surface area contributed by atoms with Crippen molar-refractivity contribution in [2.75, 3.05) is 19.7 Å². The number of ether oxygens (including phenoxy) is 1.